The highest BCUT2D eigenvalue weighted by molar-refractivity contribution is 7.80. The van der Waals surface area contributed by atoms with Gasteiger partial charge in [0.05, 0.1) is 23.3 Å². The molecular weight excluding hydrogens is 518 g/mol. The van der Waals surface area contributed by atoms with Crippen molar-refractivity contribution >= 4 is 34.4 Å². The Labute approximate surface area is 249 Å². The zero-order valence-electron chi connectivity index (χ0n) is 23.5. The van der Waals surface area contributed by atoms with Crippen LogP contribution in [0, 0.1) is 0 Å². The molecule has 0 N–H and O–H groups in total. The predicted octanol–water partition coefficient (Wildman–Crippen LogP) is 10.8. The van der Waals surface area contributed by atoms with Crippen LogP contribution in [0.2, 0.25) is 0 Å². The minimum absolute atomic E-state index is 0.727. The van der Waals surface area contributed by atoms with Crippen LogP contribution in [0.15, 0.2) is 121 Å². The van der Waals surface area contributed by atoms with Gasteiger partial charge in [0, 0.05) is 10.8 Å². The summed E-state index contributed by atoms with van der Waals surface area (Å²) in [6.07, 6.45) is 7.30. The normalized spacial score (nSPS) is 11.3. The van der Waals surface area contributed by atoms with Gasteiger partial charge in [-0.3, -0.25) is 0 Å². The fourth-order valence-electron chi connectivity index (χ4n) is 5.77. The van der Waals surface area contributed by atoms with Gasteiger partial charge in [-0.15, -0.1) is 0 Å². The molecule has 6 rings (SSSR count). The second-order valence-corrected chi connectivity index (χ2v) is 11.1. The molecule has 0 radical (unpaired) electrons. The molecule has 0 spiro atoms. The monoisotopic (exact) mass is 555 g/mol. The highest BCUT2D eigenvalue weighted by atomic mass is 32.1. The van der Waals surface area contributed by atoms with Crippen molar-refractivity contribution < 1.29 is 4.74 Å². The zero-order chi connectivity index (χ0) is 27.9. The van der Waals surface area contributed by atoms with Gasteiger partial charge in [0.15, 0.2) is 0 Å². The van der Waals surface area contributed by atoms with E-state index < -0.39 is 0 Å². The van der Waals surface area contributed by atoms with Crippen molar-refractivity contribution in [1.82, 2.24) is 4.57 Å². The highest BCUT2D eigenvalue weighted by Gasteiger charge is 2.17. The van der Waals surface area contributed by atoms with Crippen LogP contribution >= 0.6 is 12.6 Å². The second-order valence-electron chi connectivity index (χ2n) is 10.7. The van der Waals surface area contributed by atoms with E-state index in [0.717, 1.165) is 30.2 Å². The number of nitrogens with zero attached hydrogens (tertiary/aromatic N) is 1. The van der Waals surface area contributed by atoms with Gasteiger partial charge < -0.3 is 9.30 Å². The summed E-state index contributed by atoms with van der Waals surface area (Å²) in [6.45, 7) is 0.727. The largest absolute Gasteiger partial charge is 0.491 e. The fourth-order valence-corrected chi connectivity index (χ4v) is 5.99. The Morgan fingerprint density at radius 2 is 1.00 bits per heavy atom. The van der Waals surface area contributed by atoms with Crippen LogP contribution in [0.3, 0.4) is 0 Å². The Morgan fingerprint density at radius 3 is 1.59 bits per heavy atom. The lowest BCUT2D eigenvalue weighted by Gasteiger charge is -2.15. The number of rotatable bonds is 12. The number of hydrogen-bond donors (Lipinski definition) is 1. The Balaban J connectivity index is 1.42. The third-order valence-electron chi connectivity index (χ3n) is 7.90. The van der Waals surface area contributed by atoms with Crippen LogP contribution in [0.25, 0.3) is 49.7 Å². The molecule has 1 heterocycles. The molecule has 3 heteroatoms. The standard InChI is InChI=1S/C38H37NOS/c41-26-14-4-2-1-3-13-25-40-38-20-12-11-19-35(38)39-36-27-31(29-15-7-5-8-16-29)21-23-33(36)34-24-22-32(28-37(34)39)30-17-9-6-10-18-30/h5-12,15-24,27-28,41H,1-4,13-14,25-26H2. The molecule has 0 unspecified atom stereocenters. The van der Waals surface area contributed by atoms with Crippen molar-refractivity contribution in [2.75, 3.05) is 12.4 Å². The van der Waals surface area contributed by atoms with Gasteiger partial charge in [0.25, 0.3) is 0 Å². The molecule has 0 saturated carbocycles. The van der Waals surface area contributed by atoms with E-state index in [-0.39, 0.29) is 0 Å². The van der Waals surface area contributed by atoms with Crippen molar-refractivity contribution in [3.05, 3.63) is 121 Å². The van der Waals surface area contributed by atoms with Gasteiger partial charge in [-0.05, 0) is 65.1 Å². The molecule has 0 saturated heterocycles. The number of fused-ring (bicyclic) bond motifs is 3. The maximum absolute atomic E-state index is 6.48. The summed E-state index contributed by atoms with van der Waals surface area (Å²) >= 11 is 4.33. The van der Waals surface area contributed by atoms with Crippen molar-refractivity contribution in [3.8, 4) is 33.7 Å². The molecular formula is C38H37NOS. The van der Waals surface area contributed by atoms with E-state index in [1.165, 1.54) is 76.2 Å². The summed E-state index contributed by atoms with van der Waals surface area (Å²) in [4.78, 5) is 0. The second kappa shape index (κ2) is 13.1. The van der Waals surface area contributed by atoms with Gasteiger partial charge in [-0.25, -0.2) is 0 Å². The average molecular weight is 556 g/mol. The van der Waals surface area contributed by atoms with E-state index >= 15 is 0 Å². The first kappa shape index (κ1) is 27.2. The molecule has 6 aromatic rings. The van der Waals surface area contributed by atoms with E-state index in [4.69, 9.17) is 4.74 Å². The Hall–Kier alpha value is -3.95. The van der Waals surface area contributed by atoms with E-state index in [2.05, 4.69) is 139 Å². The summed E-state index contributed by atoms with van der Waals surface area (Å²) in [5.74, 6) is 1.92. The van der Waals surface area contributed by atoms with Crippen LogP contribution in [0.1, 0.15) is 38.5 Å². The predicted molar refractivity (Wildman–Crippen MR) is 179 cm³/mol. The highest BCUT2D eigenvalue weighted by Crippen LogP contribution is 2.39. The Bertz CT molecular complexity index is 1630. The SMILES string of the molecule is SCCCCCCCCOc1ccccc1-n1c2cc(-c3ccccc3)ccc2c2ccc(-c3ccccc3)cc21. The number of thiol groups is 1. The lowest BCUT2D eigenvalue weighted by Crippen LogP contribution is -2.03. The van der Waals surface area contributed by atoms with Crippen molar-refractivity contribution in [3.63, 3.8) is 0 Å². The third-order valence-corrected chi connectivity index (χ3v) is 8.21. The number of unbranched alkanes of at least 4 members (excludes halogenated alkanes) is 5. The van der Waals surface area contributed by atoms with Gasteiger partial charge in [0.2, 0.25) is 0 Å². The fraction of sp³-hybridized carbons (Fsp3) is 0.211. The maximum Gasteiger partial charge on any atom is 0.143 e. The molecule has 0 aliphatic heterocycles. The van der Waals surface area contributed by atoms with E-state index in [1.54, 1.807) is 0 Å². The molecule has 0 fully saturated rings. The molecule has 0 aliphatic rings. The molecule has 1 aromatic heterocycles. The lowest BCUT2D eigenvalue weighted by atomic mass is 10.0. The summed E-state index contributed by atoms with van der Waals surface area (Å²) in [5.41, 5.74) is 8.31. The van der Waals surface area contributed by atoms with Gasteiger partial charge in [-0.2, -0.15) is 12.6 Å². The smallest absolute Gasteiger partial charge is 0.143 e. The van der Waals surface area contributed by atoms with Gasteiger partial charge in [-0.1, -0.05) is 123 Å². The van der Waals surface area contributed by atoms with Crippen LogP contribution < -0.4 is 4.74 Å². The summed E-state index contributed by atoms with van der Waals surface area (Å²) in [6, 6.07) is 43.4. The molecule has 206 valence electrons. The number of ether oxygens (including phenoxy) is 1. The quantitative estimate of drug-likeness (QED) is 0.117. The first-order valence-corrected chi connectivity index (χ1v) is 15.5. The van der Waals surface area contributed by atoms with Crippen molar-refractivity contribution in [1.29, 1.82) is 0 Å². The molecule has 0 aliphatic carbocycles. The molecule has 0 atom stereocenters. The number of benzene rings is 5. The first-order valence-electron chi connectivity index (χ1n) is 14.9. The summed E-state index contributed by atoms with van der Waals surface area (Å²) in [5, 5.41) is 2.49. The number of hydrogen-bond acceptors (Lipinski definition) is 2. The van der Waals surface area contributed by atoms with Crippen molar-refractivity contribution in [2.24, 2.45) is 0 Å². The average Bonchev–Trinajstić information content (AvgIpc) is 3.36. The van der Waals surface area contributed by atoms with Gasteiger partial charge >= 0.3 is 0 Å². The minimum Gasteiger partial charge on any atom is -0.491 e. The summed E-state index contributed by atoms with van der Waals surface area (Å²) in [7, 11) is 0. The Kier molecular flexibility index (Phi) is 8.73. The Morgan fingerprint density at radius 1 is 0.488 bits per heavy atom. The van der Waals surface area contributed by atoms with Crippen molar-refractivity contribution in [2.45, 2.75) is 38.5 Å². The topological polar surface area (TPSA) is 14.2 Å². The minimum atomic E-state index is 0.727. The van der Waals surface area contributed by atoms with Crippen LogP contribution in [-0.2, 0) is 0 Å². The van der Waals surface area contributed by atoms with Crippen LogP contribution in [0.4, 0.5) is 0 Å². The molecule has 5 aromatic carbocycles. The van der Waals surface area contributed by atoms with Crippen LogP contribution in [0.5, 0.6) is 5.75 Å². The molecule has 2 nitrogen and oxygen atoms in total. The molecule has 41 heavy (non-hydrogen) atoms. The van der Waals surface area contributed by atoms with Crippen LogP contribution in [-0.4, -0.2) is 16.9 Å². The third kappa shape index (κ3) is 6.06. The number of para-hydroxylation sites is 2. The zero-order valence-corrected chi connectivity index (χ0v) is 24.4. The van der Waals surface area contributed by atoms with E-state index in [9.17, 15) is 0 Å². The number of aromatic nitrogens is 1. The van der Waals surface area contributed by atoms with Gasteiger partial charge in [0.1, 0.15) is 5.75 Å². The lowest BCUT2D eigenvalue weighted by molar-refractivity contribution is 0.304. The molecule has 0 amide bonds. The maximum atomic E-state index is 6.48. The van der Waals surface area contributed by atoms with E-state index in [0.29, 0.717) is 0 Å². The summed E-state index contributed by atoms with van der Waals surface area (Å²) < 4.78 is 8.88. The van der Waals surface area contributed by atoms with E-state index in [1.807, 2.05) is 0 Å². The first-order chi connectivity index (χ1) is 20.3. The molecule has 0 bridgehead atoms.